The van der Waals surface area contributed by atoms with Gasteiger partial charge in [0.05, 0.1) is 6.61 Å². The predicted molar refractivity (Wildman–Crippen MR) is 59.1 cm³/mol. The Hall–Kier alpha value is -1.76. The monoisotopic (exact) mass is 222 g/mol. The molecular formula is C9H14N6O. The minimum atomic E-state index is 0.158. The fraction of sp³-hybridized carbons (Fsp3) is 0.556. The van der Waals surface area contributed by atoms with Gasteiger partial charge in [-0.25, -0.2) is 14.6 Å². The van der Waals surface area contributed by atoms with E-state index in [1.54, 1.807) is 18.8 Å². The second-order valence-electron chi connectivity index (χ2n) is 3.61. The van der Waals surface area contributed by atoms with Gasteiger partial charge in [-0.3, -0.25) is 0 Å². The Morgan fingerprint density at radius 3 is 3.06 bits per heavy atom. The molecule has 0 spiro atoms. The molecule has 2 heterocycles. The Bertz CT molecular complexity index is 482. The second-order valence-corrected chi connectivity index (χ2v) is 3.61. The van der Waals surface area contributed by atoms with E-state index in [1.807, 2.05) is 6.92 Å². The molecule has 7 heteroatoms. The summed E-state index contributed by atoms with van der Waals surface area (Å²) in [5, 5.41) is 11.1. The summed E-state index contributed by atoms with van der Waals surface area (Å²) in [5.74, 6) is 0.683. The van der Waals surface area contributed by atoms with Gasteiger partial charge in [0.1, 0.15) is 6.33 Å². The van der Waals surface area contributed by atoms with Gasteiger partial charge in [-0.2, -0.15) is 0 Å². The van der Waals surface area contributed by atoms with E-state index in [0.29, 0.717) is 23.6 Å². The largest absolute Gasteiger partial charge is 0.383 e. The quantitative estimate of drug-likeness (QED) is 0.796. The molecule has 0 fully saturated rings. The molecule has 86 valence electrons. The van der Waals surface area contributed by atoms with Crippen molar-refractivity contribution in [2.24, 2.45) is 7.05 Å². The number of ether oxygens (including phenoxy) is 1. The number of aryl methyl sites for hydroxylation is 1. The topological polar surface area (TPSA) is 77.8 Å². The summed E-state index contributed by atoms with van der Waals surface area (Å²) in [6, 6.07) is 0.158. The molecule has 1 N–H and O–H groups in total. The molecule has 1 unspecified atom stereocenters. The van der Waals surface area contributed by atoms with Crippen LogP contribution in [-0.4, -0.2) is 44.7 Å². The first kappa shape index (κ1) is 10.7. The first-order chi connectivity index (χ1) is 7.72. The van der Waals surface area contributed by atoms with Gasteiger partial charge in [-0.05, 0) is 6.92 Å². The van der Waals surface area contributed by atoms with Crippen LogP contribution < -0.4 is 5.32 Å². The summed E-state index contributed by atoms with van der Waals surface area (Å²) in [4.78, 5) is 8.26. The van der Waals surface area contributed by atoms with Gasteiger partial charge in [0, 0.05) is 20.2 Å². The summed E-state index contributed by atoms with van der Waals surface area (Å²) in [6.45, 7) is 2.61. The maximum atomic E-state index is 5.05. The van der Waals surface area contributed by atoms with Gasteiger partial charge in [0.25, 0.3) is 0 Å². The minimum Gasteiger partial charge on any atom is -0.383 e. The summed E-state index contributed by atoms with van der Waals surface area (Å²) in [7, 11) is 3.46. The van der Waals surface area contributed by atoms with Gasteiger partial charge in [0.15, 0.2) is 17.0 Å². The van der Waals surface area contributed by atoms with Crippen molar-refractivity contribution < 1.29 is 4.74 Å². The van der Waals surface area contributed by atoms with Crippen molar-refractivity contribution in [2.75, 3.05) is 19.0 Å². The Kier molecular flexibility index (Phi) is 2.95. The van der Waals surface area contributed by atoms with Gasteiger partial charge in [-0.15, -0.1) is 5.10 Å². The number of hydrogen-bond acceptors (Lipinski definition) is 6. The SMILES string of the molecule is COCC(C)Nc1ncnc2c1nnn2C. The normalized spacial score (nSPS) is 12.9. The number of aromatic nitrogens is 5. The molecule has 1 atom stereocenters. The van der Waals surface area contributed by atoms with Crippen LogP contribution in [0.4, 0.5) is 5.82 Å². The third-order valence-electron chi connectivity index (χ3n) is 2.19. The van der Waals surface area contributed by atoms with Crippen molar-refractivity contribution in [3.05, 3.63) is 6.33 Å². The standard InChI is InChI=1S/C9H14N6O/c1-6(4-16-3)12-8-7-9(11-5-10-8)15(2)14-13-7/h5-6H,4H2,1-3H3,(H,10,11,12). The van der Waals surface area contributed by atoms with Gasteiger partial charge < -0.3 is 10.1 Å². The summed E-state index contributed by atoms with van der Waals surface area (Å²) in [5.41, 5.74) is 1.38. The fourth-order valence-corrected chi connectivity index (χ4v) is 1.48. The first-order valence-corrected chi connectivity index (χ1v) is 4.98. The lowest BCUT2D eigenvalue weighted by atomic mass is 10.3. The van der Waals surface area contributed by atoms with E-state index in [1.165, 1.54) is 6.33 Å². The van der Waals surface area contributed by atoms with Crippen LogP contribution in [0.1, 0.15) is 6.92 Å². The van der Waals surface area contributed by atoms with E-state index in [0.717, 1.165) is 0 Å². The number of nitrogens with one attached hydrogen (secondary N) is 1. The van der Waals surface area contributed by atoms with E-state index in [4.69, 9.17) is 4.74 Å². The number of methoxy groups -OCH3 is 1. The number of rotatable bonds is 4. The maximum absolute atomic E-state index is 5.05. The van der Waals surface area contributed by atoms with Crippen molar-refractivity contribution in [1.82, 2.24) is 25.0 Å². The maximum Gasteiger partial charge on any atom is 0.183 e. The van der Waals surface area contributed by atoms with E-state index in [9.17, 15) is 0 Å². The predicted octanol–water partition coefficient (Wildman–Crippen LogP) is 0.205. The van der Waals surface area contributed by atoms with Crippen molar-refractivity contribution in [3.63, 3.8) is 0 Å². The molecule has 2 aromatic rings. The molecule has 0 bridgehead atoms. The molecule has 2 rings (SSSR count). The third-order valence-corrected chi connectivity index (χ3v) is 2.19. The van der Waals surface area contributed by atoms with Crippen LogP contribution in [0, 0.1) is 0 Å². The highest BCUT2D eigenvalue weighted by atomic mass is 16.5. The molecule has 0 amide bonds. The molecule has 0 radical (unpaired) electrons. The number of anilines is 1. The molecule has 0 saturated carbocycles. The number of fused-ring (bicyclic) bond motifs is 1. The zero-order chi connectivity index (χ0) is 11.5. The van der Waals surface area contributed by atoms with Gasteiger partial charge in [-0.1, -0.05) is 5.21 Å². The lowest BCUT2D eigenvalue weighted by molar-refractivity contribution is 0.190. The number of nitrogens with zero attached hydrogens (tertiary/aromatic N) is 5. The van der Waals surface area contributed by atoms with E-state index >= 15 is 0 Å². The number of hydrogen-bond donors (Lipinski definition) is 1. The van der Waals surface area contributed by atoms with E-state index in [2.05, 4.69) is 25.6 Å². The Morgan fingerprint density at radius 2 is 2.31 bits per heavy atom. The van der Waals surface area contributed by atoms with Gasteiger partial charge >= 0.3 is 0 Å². The highest BCUT2D eigenvalue weighted by Gasteiger charge is 2.11. The first-order valence-electron chi connectivity index (χ1n) is 4.98. The third kappa shape index (κ3) is 1.94. The zero-order valence-corrected chi connectivity index (χ0v) is 9.51. The Labute approximate surface area is 92.8 Å². The van der Waals surface area contributed by atoms with Crippen molar-refractivity contribution >= 4 is 17.0 Å². The average molecular weight is 222 g/mol. The van der Waals surface area contributed by atoms with Crippen LogP contribution in [-0.2, 0) is 11.8 Å². The van der Waals surface area contributed by atoms with Crippen molar-refractivity contribution in [2.45, 2.75) is 13.0 Å². The molecular weight excluding hydrogens is 208 g/mol. The molecule has 7 nitrogen and oxygen atoms in total. The molecule has 0 aromatic carbocycles. The lowest BCUT2D eigenvalue weighted by Gasteiger charge is -2.12. The van der Waals surface area contributed by atoms with Crippen LogP contribution in [0.2, 0.25) is 0 Å². The van der Waals surface area contributed by atoms with E-state index < -0.39 is 0 Å². The van der Waals surface area contributed by atoms with Crippen LogP contribution in [0.25, 0.3) is 11.2 Å². The molecule has 0 saturated heterocycles. The zero-order valence-electron chi connectivity index (χ0n) is 9.51. The molecule has 0 aliphatic rings. The second kappa shape index (κ2) is 4.40. The van der Waals surface area contributed by atoms with Crippen molar-refractivity contribution in [3.8, 4) is 0 Å². The average Bonchev–Trinajstić information content (AvgIpc) is 2.62. The van der Waals surface area contributed by atoms with Gasteiger partial charge in [0.2, 0.25) is 0 Å². The highest BCUT2D eigenvalue weighted by molar-refractivity contribution is 5.81. The van der Waals surface area contributed by atoms with Crippen LogP contribution in [0.15, 0.2) is 6.33 Å². The fourth-order valence-electron chi connectivity index (χ4n) is 1.48. The summed E-state index contributed by atoms with van der Waals surface area (Å²) >= 11 is 0. The molecule has 0 aliphatic heterocycles. The molecule has 0 aliphatic carbocycles. The lowest BCUT2D eigenvalue weighted by Crippen LogP contribution is -2.21. The van der Waals surface area contributed by atoms with Crippen LogP contribution in [0.3, 0.4) is 0 Å². The van der Waals surface area contributed by atoms with Crippen molar-refractivity contribution in [1.29, 1.82) is 0 Å². The molecule has 16 heavy (non-hydrogen) atoms. The minimum absolute atomic E-state index is 0.158. The van der Waals surface area contributed by atoms with Crippen LogP contribution >= 0.6 is 0 Å². The molecule has 2 aromatic heterocycles. The highest BCUT2D eigenvalue weighted by Crippen LogP contribution is 2.15. The summed E-state index contributed by atoms with van der Waals surface area (Å²) < 4.78 is 6.66. The summed E-state index contributed by atoms with van der Waals surface area (Å²) in [6.07, 6.45) is 1.49. The van der Waals surface area contributed by atoms with Crippen LogP contribution in [0.5, 0.6) is 0 Å². The smallest absolute Gasteiger partial charge is 0.183 e. The Morgan fingerprint density at radius 1 is 1.50 bits per heavy atom. The van der Waals surface area contributed by atoms with E-state index in [-0.39, 0.29) is 6.04 Å². The Balaban J connectivity index is 2.30.